The number of para-hydroxylation sites is 1. The highest BCUT2D eigenvalue weighted by Gasteiger charge is 2.07. The molecule has 1 unspecified atom stereocenters. The lowest BCUT2D eigenvalue weighted by molar-refractivity contribution is 0.206. The molecule has 1 atom stereocenters. The van der Waals surface area contributed by atoms with Gasteiger partial charge in [0, 0.05) is 32.4 Å². The summed E-state index contributed by atoms with van der Waals surface area (Å²) in [5.74, 6) is 0. The fourth-order valence-corrected chi connectivity index (χ4v) is 1.75. The molecule has 0 amide bonds. The van der Waals surface area contributed by atoms with Crippen molar-refractivity contribution in [3.63, 3.8) is 0 Å². The summed E-state index contributed by atoms with van der Waals surface area (Å²) in [5, 5.41) is 0. The van der Waals surface area contributed by atoms with Crippen LogP contribution >= 0.6 is 0 Å². The van der Waals surface area contributed by atoms with Crippen molar-refractivity contribution < 1.29 is 4.74 Å². The van der Waals surface area contributed by atoms with Gasteiger partial charge in [0.05, 0.1) is 6.61 Å². The second kappa shape index (κ2) is 6.51. The summed E-state index contributed by atoms with van der Waals surface area (Å²) < 4.78 is 5.09. The Morgan fingerprint density at radius 2 is 2.06 bits per heavy atom. The van der Waals surface area contributed by atoms with E-state index in [-0.39, 0.29) is 6.04 Å². The van der Waals surface area contributed by atoms with Crippen LogP contribution < -0.4 is 10.6 Å². The number of rotatable bonds is 6. The number of hydrogen-bond acceptors (Lipinski definition) is 3. The van der Waals surface area contributed by atoms with E-state index in [0.717, 1.165) is 19.6 Å². The van der Waals surface area contributed by atoms with Crippen molar-refractivity contribution in [1.29, 1.82) is 0 Å². The highest BCUT2D eigenvalue weighted by Crippen LogP contribution is 2.20. The van der Waals surface area contributed by atoms with Gasteiger partial charge in [-0.1, -0.05) is 18.2 Å². The van der Waals surface area contributed by atoms with Gasteiger partial charge >= 0.3 is 0 Å². The molecule has 3 heteroatoms. The summed E-state index contributed by atoms with van der Waals surface area (Å²) in [7, 11) is 3.81. The molecule has 0 saturated carbocycles. The molecular weight excluding hydrogens is 200 g/mol. The van der Waals surface area contributed by atoms with Crippen LogP contribution in [-0.4, -0.2) is 33.4 Å². The first kappa shape index (κ1) is 13.0. The van der Waals surface area contributed by atoms with Gasteiger partial charge in [0.1, 0.15) is 0 Å². The van der Waals surface area contributed by atoms with Crippen LogP contribution in [0, 0.1) is 0 Å². The largest absolute Gasteiger partial charge is 0.383 e. The van der Waals surface area contributed by atoms with Gasteiger partial charge in [-0.15, -0.1) is 0 Å². The Kier molecular flexibility index (Phi) is 5.29. The highest BCUT2D eigenvalue weighted by molar-refractivity contribution is 5.53. The Hall–Kier alpha value is -1.06. The molecular formula is C13H22N2O. The first-order valence-electron chi connectivity index (χ1n) is 5.68. The molecule has 0 heterocycles. The molecule has 3 nitrogen and oxygen atoms in total. The Balaban J connectivity index is 2.76. The van der Waals surface area contributed by atoms with Gasteiger partial charge in [0.15, 0.2) is 0 Å². The van der Waals surface area contributed by atoms with Crippen molar-refractivity contribution >= 4 is 5.69 Å². The third kappa shape index (κ3) is 3.83. The van der Waals surface area contributed by atoms with E-state index in [9.17, 15) is 0 Å². The minimum absolute atomic E-state index is 0.192. The van der Waals surface area contributed by atoms with Crippen molar-refractivity contribution in [1.82, 2.24) is 0 Å². The van der Waals surface area contributed by atoms with Crippen LogP contribution in [0.15, 0.2) is 24.3 Å². The topological polar surface area (TPSA) is 38.5 Å². The number of hydrogen-bond donors (Lipinski definition) is 1. The number of anilines is 1. The van der Waals surface area contributed by atoms with E-state index in [1.165, 1.54) is 11.3 Å². The van der Waals surface area contributed by atoms with Crippen molar-refractivity contribution in [2.75, 3.05) is 32.2 Å². The molecule has 0 aliphatic heterocycles. The third-order valence-electron chi connectivity index (χ3n) is 2.58. The van der Waals surface area contributed by atoms with Crippen LogP contribution in [0.25, 0.3) is 0 Å². The smallest absolute Gasteiger partial charge is 0.0637 e. The lowest BCUT2D eigenvalue weighted by Gasteiger charge is -2.22. The molecule has 16 heavy (non-hydrogen) atoms. The number of nitrogens with two attached hydrogens (primary N) is 1. The fraction of sp³-hybridized carbons (Fsp3) is 0.538. The van der Waals surface area contributed by atoms with Crippen LogP contribution in [0.5, 0.6) is 0 Å². The zero-order valence-corrected chi connectivity index (χ0v) is 10.4. The lowest BCUT2D eigenvalue weighted by Crippen LogP contribution is -2.25. The minimum Gasteiger partial charge on any atom is -0.383 e. The molecule has 0 fully saturated rings. The quantitative estimate of drug-likeness (QED) is 0.795. The van der Waals surface area contributed by atoms with Crippen molar-refractivity contribution in [2.45, 2.75) is 19.4 Å². The molecule has 0 aliphatic carbocycles. The predicted molar refractivity (Wildman–Crippen MR) is 68.9 cm³/mol. The zero-order chi connectivity index (χ0) is 12.0. The molecule has 0 aliphatic rings. The second-order valence-corrected chi connectivity index (χ2v) is 4.22. The van der Waals surface area contributed by atoms with Gasteiger partial charge in [-0.25, -0.2) is 0 Å². The molecule has 0 saturated heterocycles. The Morgan fingerprint density at radius 1 is 1.38 bits per heavy atom. The number of likely N-dealkylation sites (N-methyl/N-ethyl adjacent to an activating group) is 1. The van der Waals surface area contributed by atoms with Gasteiger partial charge < -0.3 is 15.4 Å². The third-order valence-corrected chi connectivity index (χ3v) is 2.58. The Bertz CT molecular complexity index is 313. The molecule has 0 radical (unpaired) electrons. The molecule has 1 aromatic rings. The Morgan fingerprint density at radius 3 is 2.69 bits per heavy atom. The normalized spacial score (nSPS) is 12.5. The second-order valence-electron chi connectivity index (χ2n) is 4.22. The number of nitrogens with zero attached hydrogens (tertiary/aromatic N) is 1. The van der Waals surface area contributed by atoms with Crippen LogP contribution in [0.3, 0.4) is 0 Å². The van der Waals surface area contributed by atoms with E-state index in [1.807, 2.05) is 6.92 Å². The molecule has 0 bridgehead atoms. The number of benzene rings is 1. The summed E-state index contributed by atoms with van der Waals surface area (Å²) in [6.45, 7) is 3.67. The average Bonchev–Trinajstić information content (AvgIpc) is 2.26. The van der Waals surface area contributed by atoms with E-state index in [2.05, 4.69) is 36.2 Å². The maximum atomic E-state index is 5.85. The Labute approximate surface area is 98.2 Å². The predicted octanol–water partition coefficient (Wildman–Crippen LogP) is 1.66. The van der Waals surface area contributed by atoms with Gasteiger partial charge in [0.25, 0.3) is 0 Å². The fourth-order valence-electron chi connectivity index (χ4n) is 1.75. The van der Waals surface area contributed by atoms with Crippen LogP contribution in [0.1, 0.15) is 12.5 Å². The first-order chi connectivity index (χ1) is 7.65. The van der Waals surface area contributed by atoms with Gasteiger partial charge in [-0.05, 0) is 25.0 Å². The minimum atomic E-state index is 0.192. The van der Waals surface area contributed by atoms with E-state index in [1.54, 1.807) is 7.11 Å². The van der Waals surface area contributed by atoms with Crippen molar-refractivity contribution in [2.24, 2.45) is 5.73 Å². The zero-order valence-electron chi connectivity index (χ0n) is 10.4. The maximum Gasteiger partial charge on any atom is 0.0637 e. The summed E-state index contributed by atoms with van der Waals surface area (Å²) in [6.07, 6.45) is 0.910. The van der Waals surface area contributed by atoms with Crippen LogP contribution in [0.2, 0.25) is 0 Å². The molecule has 2 N–H and O–H groups in total. The SMILES string of the molecule is COCCN(C)c1ccccc1CC(C)N. The maximum absolute atomic E-state index is 5.85. The van der Waals surface area contributed by atoms with Crippen molar-refractivity contribution in [3.05, 3.63) is 29.8 Å². The van der Waals surface area contributed by atoms with Gasteiger partial charge in [-0.3, -0.25) is 0 Å². The molecule has 0 aromatic heterocycles. The summed E-state index contributed by atoms with van der Waals surface area (Å²) >= 11 is 0. The summed E-state index contributed by atoms with van der Waals surface area (Å²) in [5.41, 5.74) is 8.40. The van der Waals surface area contributed by atoms with Crippen molar-refractivity contribution in [3.8, 4) is 0 Å². The summed E-state index contributed by atoms with van der Waals surface area (Å²) in [6, 6.07) is 8.58. The molecule has 90 valence electrons. The van der Waals surface area contributed by atoms with E-state index in [4.69, 9.17) is 10.5 Å². The number of methoxy groups -OCH3 is 1. The van der Waals surface area contributed by atoms with Crippen LogP contribution in [-0.2, 0) is 11.2 Å². The first-order valence-corrected chi connectivity index (χ1v) is 5.68. The summed E-state index contributed by atoms with van der Waals surface area (Å²) in [4.78, 5) is 2.21. The molecule has 1 aromatic carbocycles. The highest BCUT2D eigenvalue weighted by atomic mass is 16.5. The standard InChI is InChI=1S/C13H22N2O/c1-11(14)10-12-6-4-5-7-13(12)15(2)8-9-16-3/h4-7,11H,8-10,14H2,1-3H3. The van der Waals surface area contributed by atoms with Crippen LogP contribution in [0.4, 0.5) is 5.69 Å². The van der Waals surface area contributed by atoms with E-state index >= 15 is 0 Å². The molecule has 0 spiro atoms. The number of ether oxygens (including phenoxy) is 1. The van der Waals surface area contributed by atoms with Gasteiger partial charge in [-0.2, -0.15) is 0 Å². The van der Waals surface area contributed by atoms with Gasteiger partial charge in [0.2, 0.25) is 0 Å². The average molecular weight is 222 g/mol. The lowest BCUT2D eigenvalue weighted by atomic mass is 10.0. The van der Waals surface area contributed by atoms with E-state index in [0.29, 0.717) is 0 Å². The van der Waals surface area contributed by atoms with E-state index < -0.39 is 0 Å². The monoisotopic (exact) mass is 222 g/mol. The molecule has 1 rings (SSSR count).